The summed E-state index contributed by atoms with van der Waals surface area (Å²) in [6.45, 7) is 2.86. The second-order valence-electron chi connectivity index (χ2n) is 2.20. The van der Waals surface area contributed by atoms with Crippen molar-refractivity contribution in [2.45, 2.75) is 13.3 Å². The van der Waals surface area contributed by atoms with Crippen LogP contribution in [0, 0.1) is 6.92 Å². The van der Waals surface area contributed by atoms with Gasteiger partial charge in [-0.05, 0) is 47.4 Å². The maximum Gasteiger partial charge on any atom is 0.0704 e. The van der Waals surface area contributed by atoms with Crippen LogP contribution < -0.4 is 5.73 Å². The van der Waals surface area contributed by atoms with Crippen LogP contribution in [0.4, 0.5) is 0 Å². The molecule has 0 aliphatic carbocycles. The van der Waals surface area contributed by atoms with Crippen molar-refractivity contribution in [2.75, 3.05) is 6.54 Å². The first-order chi connectivity index (χ1) is 4.74. The first-order valence-corrected chi connectivity index (χ1v) is 4.80. The van der Waals surface area contributed by atoms with E-state index in [1.807, 2.05) is 0 Å². The molecule has 10 heavy (non-hydrogen) atoms. The lowest BCUT2D eigenvalue weighted by Crippen LogP contribution is -2.01. The largest absolute Gasteiger partial charge is 0.330 e. The molecule has 0 bridgehead atoms. The van der Waals surface area contributed by atoms with E-state index in [4.69, 9.17) is 5.73 Å². The molecule has 0 spiro atoms. The lowest BCUT2D eigenvalue weighted by Gasteiger charge is -1.92. The molecular weight excluding hydrogens is 210 g/mol. The predicted molar refractivity (Wildman–Crippen MR) is 49.5 cm³/mol. The van der Waals surface area contributed by atoms with Crippen molar-refractivity contribution < 1.29 is 0 Å². The third-order valence-electron chi connectivity index (χ3n) is 1.36. The van der Waals surface area contributed by atoms with Gasteiger partial charge in [0.05, 0.1) is 3.79 Å². The lowest BCUT2D eigenvalue weighted by atomic mass is 10.2. The third-order valence-corrected chi connectivity index (χ3v) is 3.16. The van der Waals surface area contributed by atoms with Crippen LogP contribution in [0.25, 0.3) is 0 Å². The molecule has 0 unspecified atom stereocenters. The summed E-state index contributed by atoms with van der Waals surface area (Å²) in [5, 5.41) is 0. The Morgan fingerprint density at radius 3 is 2.80 bits per heavy atom. The Bertz CT molecular complexity index is 219. The van der Waals surface area contributed by atoms with Gasteiger partial charge in [-0.1, -0.05) is 0 Å². The summed E-state index contributed by atoms with van der Waals surface area (Å²) in [5.74, 6) is 0. The van der Waals surface area contributed by atoms with E-state index < -0.39 is 0 Å². The number of rotatable bonds is 2. The summed E-state index contributed by atoms with van der Waals surface area (Å²) in [6, 6.07) is 2.13. The molecule has 0 amide bonds. The smallest absolute Gasteiger partial charge is 0.0704 e. The molecule has 56 valence electrons. The first kappa shape index (κ1) is 8.24. The van der Waals surface area contributed by atoms with Crippen LogP contribution in [0.1, 0.15) is 10.4 Å². The summed E-state index contributed by atoms with van der Waals surface area (Å²) < 4.78 is 1.20. The normalized spacial score (nSPS) is 10.3. The summed E-state index contributed by atoms with van der Waals surface area (Å²) >= 11 is 5.21. The van der Waals surface area contributed by atoms with Crippen molar-refractivity contribution >= 4 is 27.3 Å². The van der Waals surface area contributed by atoms with E-state index in [1.54, 1.807) is 11.3 Å². The second-order valence-corrected chi connectivity index (χ2v) is 4.71. The Kier molecular flexibility index (Phi) is 2.89. The van der Waals surface area contributed by atoms with E-state index in [2.05, 4.69) is 28.9 Å². The van der Waals surface area contributed by atoms with Crippen molar-refractivity contribution in [3.63, 3.8) is 0 Å². The van der Waals surface area contributed by atoms with Crippen molar-refractivity contribution in [1.29, 1.82) is 0 Å². The van der Waals surface area contributed by atoms with Crippen LogP contribution >= 0.6 is 27.3 Å². The van der Waals surface area contributed by atoms with Gasteiger partial charge in [0.15, 0.2) is 0 Å². The van der Waals surface area contributed by atoms with Gasteiger partial charge in [0.2, 0.25) is 0 Å². The van der Waals surface area contributed by atoms with E-state index in [0.29, 0.717) is 0 Å². The topological polar surface area (TPSA) is 26.0 Å². The van der Waals surface area contributed by atoms with Gasteiger partial charge >= 0.3 is 0 Å². The molecule has 0 aliphatic heterocycles. The van der Waals surface area contributed by atoms with Crippen LogP contribution in [-0.2, 0) is 6.42 Å². The quantitative estimate of drug-likeness (QED) is 0.813. The molecule has 0 aromatic carbocycles. The van der Waals surface area contributed by atoms with Crippen LogP contribution in [0.5, 0.6) is 0 Å². The van der Waals surface area contributed by atoms with Gasteiger partial charge in [-0.15, -0.1) is 11.3 Å². The van der Waals surface area contributed by atoms with E-state index in [-0.39, 0.29) is 0 Å². The number of hydrogen-bond donors (Lipinski definition) is 1. The highest BCUT2D eigenvalue weighted by Crippen LogP contribution is 2.26. The van der Waals surface area contributed by atoms with E-state index in [1.165, 1.54) is 14.2 Å². The number of nitrogens with two attached hydrogens (primary N) is 1. The monoisotopic (exact) mass is 219 g/mol. The Labute approximate surface area is 73.4 Å². The van der Waals surface area contributed by atoms with Crippen molar-refractivity contribution in [1.82, 2.24) is 0 Å². The SMILES string of the molecule is Cc1cc(Br)sc1CCN. The Morgan fingerprint density at radius 2 is 2.40 bits per heavy atom. The molecule has 0 saturated carbocycles. The average molecular weight is 220 g/mol. The van der Waals surface area contributed by atoms with Gasteiger partial charge in [-0.25, -0.2) is 0 Å². The standard InChI is InChI=1S/C7H10BrNS/c1-5-4-7(8)10-6(5)2-3-9/h4H,2-3,9H2,1H3. The molecule has 0 atom stereocenters. The molecule has 0 fully saturated rings. The molecule has 1 aromatic rings. The average Bonchev–Trinajstić information content (AvgIpc) is 2.13. The number of thiophene rings is 1. The minimum atomic E-state index is 0.744. The molecule has 0 radical (unpaired) electrons. The zero-order valence-corrected chi connectivity index (χ0v) is 8.26. The summed E-state index contributed by atoms with van der Waals surface area (Å²) in [7, 11) is 0. The number of aryl methyl sites for hydroxylation is 1. The fourth-order valence-electron chi connectivity index (χ4n) is 0.858. The van der Waals surface area contributed by atoms with E-state index in [0.717, 1.165) is 13.0 Å². The van der Waals surface area contributed by atoms with Gasteiger partial charge in [0.1, 0.15) is 0 Å². The van der Waals surface area contributed by atoms with Gasteiger partial charge < -0.3 is 5.73 Å². The zero-order valence-electron chi connectivity index (χ0n) is 5.86. The van der Waals surface area contributed by atoms with Gasteiger partial charge in [-0.2, -0.15) is 0 Å². The minimum absolute atomic E-state index is 0.744. The second kappa shape index (κ2) is 3.51. The van der Waals surface area contributed by atoms with E-state index in [9.17, 15) is 0 Å². The third kappa shape index (κ3) is 1.81. The van der Waals surface area contributed by atoms with Crippen LogP contribution in [-0.4, -0.2) is 6.54 Å². The van der Waals surface area contributed by atoms with Gasteiger partial charge in [0, 0.05) is 4.88 Å². The molecule has 3 heteroatoms. The molecule has 1 nitrogen and oxygen atoms in total. The van der Waals surface area contributed by atoms with Crippen molar-refractivity contribution in [3.05, 3.63) is 20.3 Å². The summed E-state index contributed by atoms with van der Waals surface area (Å²) in [6.07, 6.45) is 1.00. The molecule has 0 saturated heterocycles. The molecule has 2 N–H and O–H groups in total. The molecular formula is C7H10BrNS. The summed E-state index contributed by atoms with van der Waals surface area (Å²) in [4.78, 5) is 1.40. The number of halogens is 1. The van der Waals surface area contributed by atoms with E-state index >= 15 is 0 Å². The highest BCUT2D eigenvalue weighted by molar-refractivity contribution is 9.11. The van der Waals surface area contributed by atoms with Crippen molar-refractivity contribution in [2.24, 2.45) is 5.73 Å². The van der Waals surface area contributed by atoms with Crippen LogP contribution in [0.3, 0.4) is 0 Å². The molecule has 1 heterocycles. The maximum atomic E-state index is 5.43. The lowest BCUT2D eigenvalue weighted by molar-refractivity contribution is 0.980. The van der Waals surface area contributed by atoms with Crippen LogP contribution in [0.2, 0.25) is 0 Å². The fourth-order valence-corrected chi connectivity index (χ4v) is 2.70. The Balaban J connectivity index is 2.81. The molecule has 0 aliphatic rings. The van der Waals surface area contributed by atoms with Crippen molar-refractivity contribution in [3.8, 4) is 0 Å². The highest BCUT2D eigenvalue weighted by Gasteiger charge is 2.01. The zero-order chi connectivity index (χ0) is 7.56. The van der Waals surface area contributed by atoms with Gasteiger partial charge in [-0.3, -0.25) is 0 Å². The fraction of sp³-hybridized carbons (Fsp3) is 0.429. The number of hydrogen-bond acceptors (Lipinski definition) is 2. The Morgan fingerprint density at radius 1 is 1.70 bits per heavy atom. The van der Waals surface area contributed by atoms with Gasteiger partial charge in [0.25, 0.3) is 0 Å². The molecule has 1 aromatic heterocycles. The first-order valence-electron chi connectivity index (χ1n) is 3.19. The maximum absolute atomic E-state index is 5.43. The van der Waals surface area contributed by atoms with Crippen LogP contribution in [0.15, 0.2) is 9.85 Å². The summed E-state index contributed by atoms with van der Waals surface area (Å²) in [5.41, 5.74) is 6.78. The minimum Gasteiger partial charge on any atom is -0.330 e. The Hall–Kier alpha value is 0.140. The highest BCUT2D eigenvalue weighted by atomic mass is 79.9. The predicted octanol–water partition coefficient (Wildman–Crippen LogP) is 2.32. The molecule has 1 rings (SSSR count).